The highest BCUT2D eigenvalue weighted by Gasteiger charge is 2.21. The minimum atomic E-state index is -0.963. The van der Waals surface area contributed by atoms with Crippen molar-refractivity contribution in [2.75, 3.05) is 0 Å². The van der Waals surface area contributed by atoms with E-state index in [4.69, 9.17) is 11.6 Å². The van der Waals surface area contributed by atoms with Gasteiger partial charge < -0.3 is 10.1 Å². The number of hydrogen-bond acceptors (Lipinski definition) is 2. The number of hydrogen-bond donors (Lipinski definition) is 2. The van der Waals surface area contributed by atoms with Gasteiger partial charge in [-0.2, -0.15) is 0 Å². The first-order chi connectivity index (χ1) is 7.88. The summed E-state index contributed by atoms with van der Waals surface area (Å²) >= 11 is 5.85. The van der Waals surface area contributed by atoms with Crippen LogP contribution in [0.25, 0.3) is 11.3 Å². The van der Waals surface area contributed by atoms with Gasteiger partial charge in [0.25, 0.3) is 0 Å². The summed E-state index contributed by atoms with van der Waals surface area (Å²) in [6, 6.07) is 7.49. The predicted octanol–water partition coefficient (Wildman–Crippen LogP) is 3.27. The largest absolute Gasteiger partial charge is 0.383 e. The fourth-order valence-corrected chi connectivity index (χ4v) is 1.76. The van der Waals surface area contributed by atoms with Crippen molar-refractivity contribution in [3.05, 3.63) is 40.8 Å². The third-order valence-corrected chi connectivity index (χ3v) is 2.83. The van der Waals surface area contributed by atoms with Gasteiger partial charge in [0.05, 0.1) is 5.69 Å². The van der Waals surface area contributed by atoms with Gasteiger partial charge in [0.2, 0.25) is 0 Å². The van der Waals surface area contributed by atoms with Crippen LogP contribution in [0.15, 0.2) is 24.3 Å². The molecule has 0 amide bonds. The third-order valence-electron chi connectivity index (χ3n) is 2.58. The van der Waals surface area contributed by atoms with Crippen LogP contribution >= 0.6 is 11.6 Å². The molecule has 0 aliphatic rings. The highest BCUT2D eigenvalue weighted by atomic mass is 35.5. The molecule has 0 spiro atoms. The molecule has 0 fully saturated rings. The van der Waals surface area contributed by atoms with Crippen molar-refractivity contribution in [1.29, 1.82) is 0 Å². The number of aliphatic hydroxyl groups is 1. The van der Waals surface area contributed by atoms with Crippen LogP contribution in [0.3, 0.4) is 0 Å². The van der Waals surface area contributed by atoms with Crippen LogP contribution < -0.4 is 0 Å². The lowest BCUT2D eigenvalue weighted by Gasteiger charge is -2.12. The van der Waals surface area contributed by atoms with Gasteiger partial charge >= 0.3 is 0 Å². The molecule has 90 valence electrons. The number of aromatic nitrogens is 2. The molecule has 4 heteroatoms. The molecule has 0 saturated carbocycles. The van der Waals surface area contributed by atoms with Crippen LogP contribution in [0.5, 0.6) is 0 Å². The second-order valence-corrected chi connectivity index (χ2v) is 5.06. The Labute approximate surface area is 105 Å². The number of nitrogens with one attached hydrogen (secondary N) is 1. The Hall–Kier alpha value is -1.32. The van der Waals surface area contributed by atoms with Crippen molar-refractivity contribution in [2.24, 2.45) is 0 Å². The van der Waals surface area contributed by atoms with Crippen molar-refractivity contribution in [1.82, 2.24) is 9.97 Å². The lowest BCUT2D eigenvalue weighted by molar-refractivity contribution is 0.0696. The number of aryl methyl sites for hydroxylation is 1. The van der Waals surface area contributed by atoms with Crippen LogP contribution in [-0.4, -0.2) is 15.1 Å². The SMILES string of the molecule is Cc1[nH]c(C(C)(C)O)nc1-c1ccc(Cl)cc1. The second-order valence-electron chi connectivity index (χ2n) is 4.62. The number of H-pyrrole nitrogens is 1. The minimum Gasteiger partial charge on any atom is -0.383 e. The fraction of sp³-hybridized carbons (Fsp3) is 0.308. The summed E-state index contributed by atoms with van der Waals surface area (Å²) in [6.07, 6.45) is 0. The third kappa shape index (κ3) is 2.51. The van der Waals surface area contributed by atoms with Gasteiger partial charge in [0.1, 0.15) is 11.4 Å². The molecule has 2 aromatic rings. The van der Waals surface area contributed by atoms with Gasteiger partial charge in [0.15, 0.2) is 0 Å². The summed E-state index contributed by atoms with van der Waals surface area (Å²) in [5, 5.41) is 10.6. The van der Waals surface area contributed by atoms with Gasteiger partial charge in [0, 0.05) is 16.3 Å². The molecule has 0 unspecified atom stereocenters. The summed E-state index contributed by atoms with van der Waals surface area (Å²) in [6.45, 7) is 5.35. The molecular weight excluding hydrogens is 236 g/mol. The van der Waals surface area contributed by atoms with E-state index in [1.807, 2.05) is 31.2 Å². The Bertz CT molecular complexity index is 523. The number of aromatic amines is 1. The van der Waals surface area contributed by atoms with Crippen molar-refractivity contribution < 1.29 is 5.11 Å². The first kappa shape index (κ1) is 12.1. The number of halogens is 1. The zero-order valence-electron chi connectivity index (χ0n) is 10.1. The van der Waals surface area contributed by atoms with Crippen molar-refractivity contribution in [3.63, 3.8) is 0 Å². The van der Waals surface area contributed by atoms with E-state index in [1.165, 1.54) is 0 Å². The van der Waals surface area contributed by atoms with E-state index in [1.54, 1.807) is 13.8 Å². The monoisotopic (exact) mass is 250 g/mol. The molecule has 0 saturated heterocycles. The standard InChI is InChI=1S/C13H15ClN2O/c1-8-11(9-4-6-10(14)7-5-9)16-12(15-8)13(2,3)17/h4-7,17H,1-3H3,(H,15,16). The molecule has 2 N–H and O–H groups in total. The highest BCUT2D eigenvalue weighted by molar-refractivity contribution is 6.30. The first-order valence-electron chi connectivity index (χ1n) is 5.43. The molecule has 2 rings (SSSR count). The lowest BCUT2D eigenvalue weighted by Crippen LogP contribution is -2.17. The van der Waals surface area contributed by atoms with Gasteiger partial charge in [-0.15, -0.1) is 0 Å². The molecule has 0 aliphatic carbocycles. The normalized spacial score (nSPS) is 11.8. The Balaban J connectivity index is 2.46. The zero-order chi connectivity index (χ0) is 12.6. The van der Waals surface area contributed by atoms with Crippen molar-refractivity contribution in [3.8, 4) is 11.3 Å². The minimum absolute atomic E-state index is 0.569. The van der Waals surface area contributed by atoms with E-state index >= 15 is 0 Å². The Morgan fingerprint density at radius 1 is 1.24 bits per heavy atom. The Morgan fingerprint density at radius 2 is 1.82 bits per heavy atom. The summed E-state index contributed by atoms with van der Waals surface area (Å²) in [7, 11) is 0. The van der Waals surface area contributed by atoms with E-state index in [0.717, 1.165) is 17.0 Å². The van der Waals surface area contributed by atoms with E-state index in [2.05, 4.69) is 9.97 Å². The van der Waals surface area contributed by atoms with E-state index in [0.29, 0.717) is 10.8 Å². The number of benzene rings is 1. The van der Waals surface area contributed by atoms with Gasteiger partial charge in [-0.25, -0.2) is 4.98 Å². The average Bonchev–Trinajstić information content (AvgIpc) is 2.61. The molecule has 0 bridgehead atoms. The van der Waals surface area contributed by atoms with Gasteiger partial charge in [-0.1, -0.05) is 23.7 Å². The molecule has 3 nitrogen and oxygen atoms in total. The smallest absolute Gasteiger partial charge is 0.138 e. The summed E-state index contributed by atoms with van der Waals surface area (Å²) in [5.74, 6) is 0.569. The summed E-state index contributed by atoms with van der Waals surface area (Å²) in [4.78, 5) is 7.54. The average molecular weight is 251 g/mol. The molecule has 1 aromatic heterocycles. The quantitative estimate of drug-likeness (QED) is 0.860. The summed E-state index contributed by atoms with van der Waals surface area (Å²) < 4.78 is 0. The topological polar surface area (TPSA) is 48.9 Å². The van der Waals surface area contributed by atoms with Gasteiger partial charge in [-0.05, 0) is 32.9 Å². The second kappa shape index (κ2) is 4.17. The summed E-state index contributed by atoms with van der Waals surface area (Å²) in [5.41, 5.74) is 1.80. The molecule has 17 heavy (non-hydrogen) atoms. The molecule has 1 heterocycles. The van der Waals surface area contributed by atoms with E-state index < -0.39 is 5.60 Å². The molecule has 1 aromatic carbocycles. The van der Waals surface area contributed by atoms with Crippen LogP contribution in [0, 0.1) is 6.92 Å². The Morgan fingerprint density at radius 3 is 2.29 bits per heavy atom. The molecular formula is C13H15ClN2O. The lowest BCUT2D eigenvalue weighted by atomic mass is 10.1. The predicted molar refractivity (Wildman–Crippen MR) is 69.0 cm³/mol. The maximum atomic E-state index is 9.90. The van der Waals surface area contributed by atoms with Crippen LogP contribution in [0.2, 0.25) is 5.02 Å². The number of rotatable bonds is 2. The first-order valence-corrected chi connectivity index (χ1v) is 5.81. The maximum Gasteiger partial charge on any atom is 0.138 e. The van der Waals surface area contributed by atoms with E-state index in [-0.39, 0.29) is 0 Å². The van der Waals surface area contributed by atoms with Gasteiger partial charge in [-0.3, -0.25) is 0 Å². The maximum absolute atomic E-state index is 9.90. The van der Waals surface area contributed by atoms with E-state index in [9.17, 15) is 5.11 Å². The molecule has 0 atom stereocenters. The van der Waals surface area contributed by atoms with Crippen LogP contribution in [0.1, 0.15) is 25.4 Å². The number of nitrogens with zero attached hydrogens (tertiary/aromatic N) is 1. The fourth-order valence-electron chi connectivity index (χ4n) is 1.64. The van der Waals surface area contributed by atoms with Crippen molar-refractivity contribution >= 4 is 11.6 Å². The number of imidazole rings is 1. The molecule has 0 aliphatic heterocycles. The van der Waals surface area contributed by atoms with Crippen LogP contribution in [-0.2, 0) is 5.60 Å². The highest BCUT2D eigenvalue weighted by Crippen LogP contribution is 2.26. The van der Waals surface area contributed by atoms with Crippen LogP contribution in [0.4, 0.5) is 0 Å². The molecule has 0 radical (unpaired) electrons. The zero-order valence-corrected chi connectivity index (χ0v) is 10.8. The Kier molecular flexibility index (Phi) is 2.98. The van der Waals surface area contributed by atoms with Crippen molar-refractivity contribution in [2.45, 2.75) is 26.4 Å².